The second-order valence-electron chi connectivity index (χ2n) is 6.77. The first-order valence-electron chi connectivity index (χ1n) is 8.95. The molecule has 0 aliphatic carbocycles. The van der Waals surface area contributed by atoms with Crippen LogP contribution in [-0.4, -0.2) is 39.0 Å². The van der Waals surface area contributed by atoms with E-state index in [1.54, 1.807) is 6.20 Å². The maximum atomic E-state index is 11.3. The molecule has 0 amide bonds. The van der Waals surface area contributed by atoms with Crippen LogP contribution in [-0.2, 0) is 4.79 Å². The number of benzene rings is 1. The Morgan fingerprint density at radius 1 is 1.08 bits per heavy atom. The Hall–Kier alpha value is -2.79. The molecule has 132 valence electrons. The van der Waals surface area contributed by atoms with Gasteiger partial charge in [-0.3, -0.25) is 19.7 Å². The summed E-state index contributed by atoms with van der Waals surface area (Å²) in [6.07, 6.45) is 5.06. The van der Waals surface area contributed by atoms with Gasteiger partial charge in [0.15, 0.2) is 0 Å². The molecule has 5 heteroatoms. The number of fused-ring (bicyclic) bond motifs is 1. The molecular weight excluding hydrogens is 326 g/mol. The summed E-state index contributed by atoms with van der Waals surface area (Å²) < 4.78 is 0. The molecule has 0 saturated carbocycles. The van der Waals surface area contributed by atoms with Gasteiger partial charge in [0.05, 0.1) is 23.2 Å². The average Bonchev–Trinajstić information content (AvgIpc) is 2.69. The summed E-state index contributed by atoms with van der Waals surface area (Å²) in [5.74, 6) is -0.934. The van der Waals surface area contributed by atoms with E-state index in [4.69, 9.17) is 0 Å². The van der Waals surface area contributed by atoms with Gasteiger partial charge in [-0.25, -0.2) is 0 Å². The van der Waals surface area contributed by atoms with Crippen molar-refractivity contribution in [3.63, 3.8) is 0 Å². The number of hydrogen-bond acceptors (Lipinski definition) is 4. The lowest BCUT2D eigenvalue weighted by Crippen LogP contribution is -2.39. The fraction of sp³-hybridized carbons (Fsp3) is 0.286. The second kappa shape index (κ2) is 7.22. The summed E-state index contributed by atoms with van der Waals surface area (Å²) in [6.45, 7) is 1.48. The molecule has 1 aromatic carbocycles. The fourth-order valence-electron chi connectivity index (χ4n) is 3.75. The number of rotatable bonds is 4. The number of carboxylic acids is 1. The Balaban J connectivity index is 1.70. The highest BCUT2D eigenvalue weighted by atomic mass is 16.4. The number of aromatic nitrogens is 2. The quantitative estimate of drug-likeness (QED) is 0.782. The number of para-hydroxylation sites is 1. The Kier molecular flexibility index (Phi) is 4.63. The minimum Gasteiger partial charge on any atom is -0.481 e. The SMILES string of the molecule is O=C(O)C1CCN(C(c2cnc3ccccc3c2)c2ccccn2)CC1. The predicted octanol–water partition coefficient (Wildman–Crippen LogP) is 3.52. The van der Waals surface area contributed by atoms with Crippen molar-refractivity contribution in [2.45, 2.75) is 18.9 Å². The van der Waals surface area contributed by atoms with Crippen LogP contribution in [0.3, 0.4) is 0 Å². The zero-order valence-corrected chi connectivity index (χ0v) is 14.5. The summed E-state index contributed by atoms with van der Waals surface area (Å²) in [5.41, 5.74) is 3.04. The van der Waals surface area contributed by atoms with Crippen molar-refractivity contribution >= 4 is 16.9 Å². The molecule has 0 spiro atoms. The third-order valence-electron chi connectivity index (χ3n) is 5.14. The highest BCUT2D eigenvalue weighted by Gasteiger charge is 2.31. The first-order chi connectivity index (χ1) is 12.7. The maximum absolute atomic E-state index is 11.3. The summed E-state index contributed by atoms with van der Waals surface area (Å²) in [5, 5.41) is 10.4. The van der Waals surface area contributed by atoms with Crippen molar-refractivity contribution in [2.24, 2.45) is 5.92 Å². The van der Waals surface area contributed by atoms with Gasteiger partial charge >= 0.3 is 5.97 Å². The lowest BCUT2D eigenvalue weighted by molar-refractivity contribution is -0.143. The third-order valence-corrected chi connectivity index (χ3v) is 5.14. The topological polar surface area (TPSA) is 66.3 Å². The number of carboxylic acid groups (broad SMARTS) is 1. The molecule has 1 aliphatic rings. The van der Waals surface area contributed by atoms with E-state index < -0.39 is 5.97 Å². The van der Waals surface area contributed by atoms with E-state index >= 15 is 0 Å². The van der Waals surface area contributed by atoms with Crippen LogP contribution in [0, 0.1) is 5.92 Å². The van der Waals surface area contributed by atoms with Crippen LogP contribution < -0.4 is 0 Å². The Morgan fingerprint density at radius 2 is 1.85 bits per heavy atom. The normalized spacial score (nSPS) is 17.2. The van der Waals surface area contributed by atoms with Crippen LogP contribution in [0.4, 0.5) is 0 Å². The maximum Gasteiger partial charge on any atom is 0.306 e. The first kappa shape index (κ1) is 16.7. The van der Waals surface area contributed by atoms with E-state index in [9.17, 15) is 9.90 Å². The summed E-state index contributed by atoms with van der Waals surface area (Å²) in [4.78, 5) is 22.8. The van der Waals surface area contributed by atoms with Crippen molar-refractivity contribution in [3.05, 3.63) is 72.2 Å². The molecule has 0 bridgehead atoms. The highest BCUT2D eigenvalue weighted by Crippen LogP contribution is 2.32. The van der Waals surface area contributed by atoms with Crippen LogP contribution in [0.15, 0.2) is 60.9 Å². The Bertz CT molecular complexity index is 905. The number of pyridine rings is 2. The summed E-state index contributed by atoms with van der Waals surface area (Å²) >= 11 is 0. The number of aliphatic carboxylic acids is 1. The van der Waals surface area contributed by atoms with Crippen molar-refractivity contribution < 1.29 is 9.90 Å². The molecule has 5 nitrogen and oxygen atoms in total. The molecule has 2 aromatic heterocycles. The van der Waals surface area contributed by atoms with E-state index in [-0.39, 0.29) is 12.0 Å². The van der Waals surface area contributed by atoms with Gasteiger partial charge in [0.1, 0.15) is 0 Å². The van der Waals surface area contributed by atoms with E-state index in [0.717, 1.165) is 35.2 Å². The van der Waals surface area contributed by atoms with Crippen LogP contribution in [0.2, 0.25) is 0 Å². The van der Waals surface area contributed by atoms with E-state index in [0.29, 0.717) is 12.8 Å². The van der Waals surface area contributed by atoms with Gasteiger partial charge in [0.2, 0.25) is 0 Å². The molecule has 26 heavy (non-hydrogen) atoms. The predicted molar refractivity (Wildman–Crippen MR) is 99.8 cm³/mol. The number of hydrogen-bond donors (Lipinski definition) is 1. The van der Waals surface area contributed by atoms with Crippen molar-refractivity contribution in [1.29, 1.82) is 0 Å². The van der Waals surface area contributed by atoms with E-state index in [1.807, 2.05) is 42.6 Å². The third kappa shape index (κ3) is 3.30. The Labute approximate surface area is 152 Å². The summed E-state index contributed by atoms with van der Waals surface area (Å²) in [6, 6.07) is 16.2. The average molecular weight is 347 g/mol. The van der Waals surface area contributed by atoms with E-state index in [2.05, 4.69) is 27.0 Å². The monoisotopic (exact) mass is 347 g/mol. The molecule has 1 saturated heterocycles. The molecule has 1 N–H and O–H groups in total. The standard InChI is InChI=1S/C21H21N3O2/c25-21(26)15-8-11-24(12-9-15)20(19-7-3-4-10-22-19)17-13-16-5-1-2-6-18(16)23-14-17/h1-7,10,13-15,20H,8-9,11-12H2,(H,25,26). The smallest absolute Gasteiger partial charge is 0.306 e. The Morgan fingerprint density at radius 3 is 2.58 bits per heavy atom. The zero-order valence-electron chi connectivity index (χ0n) is 14.5. The van der Waals surface area contributed by atoms with E-state index in [1.165, 1.54) is 0 Å². The lowest BCUT2D eigenvalue weighted by atomic mass is 9.93. The van der Waals surface area contributed by atoms with Gasteiger partial charge in [-0.1, -0.05) is 24.3 Å². The van der Waals surface area contributed by atoms with Gasteiger partial charge in [-0.15, -0.1) is 0 Å². The first-order valence-corrected chi connectivity index (χ1v) is 8.95. The van der Waals surface area contributed by atoms with Crippen LogP contribution in [0.5, 0.6) is 0 Å². The molecule has 1 fully saturated rings. The molecule has 4 rings (SSSR count). The molecule has 1 atom stereocenters. The second-order valence-corrected chi connectivity index (χ2v) is 6.77. The molecule has 1 aliphatic heterocycles. The lowest BCUT2D eigenvalue weighted by Gasteiger charge is -2.36. The van der Waals surface area contributed by atoms with Gasteiger partial charge in [0, 0.05) is 17.8 Å². The molecular formula is C21H21N3O2. The minimum absolute atomic E-state index is 0.0111. The molecule has 3 aromatic rings. The van der Waals surface area contributed by atoms with Crippen molar-refractivity contribution in [3.8, 4) is 0 Å². The molecule has 0 radical (unpaired) electrons. The largest absolute Gasteiger partial charge is 0.481 e. The molecule has 3 heterocycles. The van der Waals surface area contributed by atoms with Crippen LogP contribution >= 0.6 is 0 Å². The van der Waals surface area contributed by atoms with Crippen LogP contribution in [0.1, 0.15) is 30.1 Å². The minimum atomic E-state index is -0.689. The number of piperidine rings is 1. The van der Waals surface area contributed by atoms with Gasteiger partial charge < -0.3 is 5.11 Å². The number of carbonyl (C=O) groups is 1. The number of nitrogens with zero attached hydrogens (tertiary/aromatic N) is 3. The zero-order chi connectivity index (χ0) is 17.9. The number of likely N-dealkylation sites (tertiary alicyclic amines) is 1. The van der Waals surface area contributed by atoms with Crippen LogP contribution in [0.25, 0.3) is 10.9 Å². The van der Waals surface area contributed by atoms with Gasteiger partial charge in [0.25, 0.3) is 0 Å². The highest BCUT2D eigenvalue weighted by molar-refractivity contribution is 5.79. The van der Waals surface area contributed by atoms with Gasteiger partial charge in [-0.2, -0.15) is 0 Å². The summed E-state index contributed by atoms with van der Waals surface area (Å²) in [7, 11) is 0. The molecule has 1 unspecified atom stereocenters. The van der Waals surface area contributed by atoms with Crippen molar-refractivity contribution in [2.75, 3.05) is 13.1 Å². The van der Waals surface area contributed by atoms with Gasteiger partial charge in [-0.05, 0) is 55.8 Å². The fourth-order valence-corrected chi connectivity index (χ4v) is 3.75. The van der Waals surface area contributed by atoms with Crippen molar-refractivity contribution in [1.82, 2.24) is 14.9 Å².